The van der Waals surface area contributed by atoms with Crippen LogP contribution in [-0.2, 0) is 4.74 Å². The smallest absolute Gasteiger partial charge is 0.0600 e. The van der Waals surface area contributed by atoms with Crippen molar-refractivity contribution in [1.29, 1.82) is 0 Å². The van der Waals surface area contributed by atoms with Gasteiger partial charge in [-0.3, -0.25) is 0 Å². The Morgan fingerprint density at radius 2 is 2.00 bits per heavy atom. The summed E-state index contributed by atoms with van der Waals surface area (Å²) >= 11 is 0. The summed E-state index contributed by atoms with van der Waals surface area (Å²) in [6.07, 6.45) is 6.53. The Kier molecular flexibility index (Phi) is 7.09. The summed E-state index contributed by atoms with van der Waals surface area (Å²) in [7, 11) is 0. The second-order valence-electron chi connectivity index (χ2n) is 5.66. The van der Waals surface area contributed by atoms with E-state index in [0.717, 1.165) is 13.0 Å². The predicted molar refractivity (Wildman–Crippen MR) is 71.1 cm³/mol. The van der Waals surface area contributed by atoms with Gasteiger partial charge in [0.25, 0.3) is 0 Å². The van der Waals surface area contributed by atoms with Crippen LogP contribution >= 0.6 is 0 Å². The second kappa shape index (κ2) is 8.06. The Morgan fingerprint density at radius 1 is 1.29 bits per heavy atom. The number of hydrogen-bond donors (Lipinski definition) is 2. The minimum absolute atomic E-state index is 0.175. The summed E-state index contributed by atoms with van der Waals surface area (Å²) in [6.45, 7) is 7.46. The molecule has 1 fully saturated rings. The van der Waals surface area contributed by atoms with E-state index in [1.54, 1.807) is 0 Å². The minimum atomic E-state index is 0.175. The van der Waals surface area contributed by atoms with E-state index in [1.165, 1.54) is 25.7 Å². The molecule has 3 nitrogen and oxygen atoms in total. The summed E-state index contributed by atoms with van der Waals surface area (Å²) in [5.74, 6) is 0.703. The van der Waals surface area contributed by atoms with E-state index in [-0.39, 0.29) is 12.6 Å². The summed E-state index contributed by atoms with van der Waals surface area (Å²) in [5, 5.41) is 12.6. The Morgan fingerprint density at radius 3 is 2.59 bits per heavy atom. The van der Waals surface area contributed by atoms with E-state index in [0.29, 0.717) is 18.1 Å². The molecular weight excluding hydrogens is 214 g/mol. The van der Waals surface area contributed by atoms with Gasteiger partial charge in [-0.05, 0) is 25.2 Å². The molecule has 0 saturated heterocycles. The van der Waals surface area contributed by atoms with Gasteiger partial charge in [0.15, 0.2) is 0 Å². The summed E-state index contributed by atoms with van der Waals surface area (Å²) < 4.78 is 5.96. The van der Waals surface area contributed by atoms with Crippen LogP contribution in [0.3, 0.4) is 0 Å². The van der Waals surface area contributed by atoms with Crippen molar-refractivity contribution in [3.63, 3.8) is 0 Å². The van der Waals surface area contributed by atoms with Crippen molar-refractivity contribution in [2.45, 2.75) is 71.1 Å². The van der Waals surface area contributed by atoms with E-state index < -0.39 is 0 Å². The first kappa shape index (κ1) is 14.9. The molecule has 0 amide bonds. The lowest BCUT2D eigenvalue weighted by atomic mass is 9.88. The van der Waals surface area contributed by atoms with Crippen LogP contribution in [0, 0.1) is 5.92 Å². The first-order chi connectivity index (χ1) is 8.13. The summed E-state index contributed by atoms with van der Waals surface area (Å²) in [4.78, 5) is 0. The lowest BCUT2D eigenvalue weighted by molar-refractivity contribution is -0.0107. The van der Waals surface area contributed by atoms with Crippen LogP contribution in [0.4, 0.5) is 0 Å². The molecule has 1 saturated carbocycles. The van der Waals surface area contributed by atoms with Crippen molar-refractivity contribution in [3.8, 4) is 0 Å². The van der Waals surface area contributed by atoms with E-state index in [2.05, 4.69) is 26.1 Å². The first-order valence-electron chi connectivity index (χ1n) is 7.12. The normalized spacial score (nSPS) is 27.4. The molecule has 1 rings (SSSR count). The number of nitrogens with one attached hydrogen (secondary N) is 1. The standard InChI is InChI=1S/C14H29NO2/c1-11(2)15-13(10-16)8-9-17-14-7-5-4-6-12(14)3/h11-16H,4-10H2,1-3H3. The fourth-order valence-corrected chi connectivity index (χ4v) is 2.59. The number of hydrogen-bond acceptors (Lipinski definition) is 3. The Labute approximate surface area is 106 Å². The highest BCUT2D eigenvalue weighted by atomic mass is 16.5. The minimum Gasteiger partial charge on any atom is -0.395 e. The van der Waals surface area contributed by atoms with Crippen LogP contribution in [0.2, 0.25) is 0 Å². The molecule has 0 aromatic rings. The molecule has 3 unspecified atom stereocenters. The van der Waals surface area contributed by atoms with Crippen molar-refractivity contribution < 1.29 is 9.84 Å². The lowest BCUT2D eigenvalue weighted by Gasteiger charge is -2.29. The zero-order valence-electron chi connectivity index (χ0n) is 11.6. The third-order valence-electron chi connectivity index (χ3n) is 3.62. The molecule has 102 valence electrons. The molecule has 1 aliphatic rings. The van der Waals surface area contributed by atoms with Crippen LogP contribution < -0.4 is 5.32 Å². The molecule has 0 aromatic heterocycles. The van der Waals surface area contributed by atoms with Crippen LogP contribution in [0.15, 0.2) is 0 Å². The first-order valence-corrected chi connectivity index (χ1v) is 7.12. The van der Waals surface area contributed by atoms with Crippen LogP contribution in [0.5, 0.6) is 0 Å². The van der Waals surface area contributed by atoms with E-state index >= 15 is 0 Å². The molecule has 2 N–H and O–H groups in total. The van der Waals surface area contributed by atoms with Crippen molar-refractivity contribution in [1.82, 2.24) is 5.32 Å². The van der Waals surface area contributed by atoms with Gasteiger partial charge in [-0.15, -0.1) is 0 Å². The van der Waals surface area contributed by atoms with Gasteiger partial charge in [0, 0.05) is 18.7 Å². The maximum absolute atomic E-state index is 9.25. The Bertz CT molecular complexity index is 197. The largest absolute Gasteiger partial charge is 0.395 e. The van der Waals surface area contributed by atoms with Crippen LogP contribution in [0.1, 0.15) is 52.9 Å². The highest BCUT2D eigenvalue weighted by Crippen LogP contribution is 2.26. The van der Waals surface area contributed by atoms with Gasteiger partial charge < -0.3 is 15.2 Å². The molecule has 3 heteroatoms. The third kappa shape index (κ3) is 5.84. The quantitative estimate of drug-likeness (QED) is 0.721. The van der Waals surface area contributed by atoms with E-state index in [4.69, 9.17) is 4.74 Å². The van der Waals surface area contributed by atoms with Gasteiger partial charge >= 0.3 is 0 Å². The molecular formula is C14H29NO2. The number of rotatable bonds is 7. The number of ether oxygens (including phenoxy) is 1. The fourth-order valence-electron chi connectivity index (χ4n) is 2.59. The third-order valence-corrected chi connectivity index (χ3v) is 3.62. The highest BCUT2D eigenvalue weighted by Gasteiger charge is 2.21. The monoisotopic (exact) mass is 243 g/mol. The second-order valence-corrected chi connectivity index (χ2v) is 5.66. The van der Waals surface area contributed by atoms with Gasteiger partial charge in [-0.25, -0.2) is 0 Å². The Hall–Kier alpha value is -0.120. The SMILES string of the molecule is CC(C)NC(CO)CCOC1CCCCC1C. The van der Waals surface area contributed by atoms with Gasteiger partial charge in [0.05, 0.1) is 12.7 Å². The van der Waals surface area contributed by atoms with Crippen LogP contribution in [0.25, 0.3) is 0 Å². The highest BCUT2D eigenvalue weighted by molar-refractivity contribution is 4.73. The van der Waals surface area contributed by atoms with Gasteiger partial charge in [-0.1, -0.05) is 33.6 Å². The topological polar surface area (TPSA) is 41.5 Å². The average Bonchev–Trinajstić information content (AvgIpc) is 2.29. The summed E-state index contributed by atoms with van der Waals surface area (Å²) in [5.41, 5.74) is 0. The zero-order valence-corrected chi connectivity index (χ0v) is 11.6. The fraction of sp³-hybridized carbons (Fsp3) is 1.00. The Balaban J connectivity index is 2.16. The van der Waals surface area contributed by atoms with Crippen molar-refractivity contribution in [2.75, 3.05) is 13.2 Å². The molecule has 0 heterocycles. The van der Waals surface area contributed by atoms with Crippen molar-refractivity contribution >= 4 is 0 Å². The van der Waals surface area contributed by atoms with Crippen molar-refractivity contribution in [2.24, 2.45) is 5.92 Å². The molecule has 1 aliphatic carbocycles. The molecule has 0 bridgehead atoms. The lowest BCUT2D eigenvalue weighted by Crippen LogP contribution is -2.38. The molecule has 17 heavy (non-hydrogen) atoms. The van der Waals surface area contributed by atoms with E-state index in [1.807, 2.05) is 0 Å². The van der Waals surface area contributed by atoms with Crippen molar-refractivity contribution in [3.05, 3.63) is 0 Å². The zero-order chi connectivity index (χ0) is 12.7. The van der Waals surface area contributed by atoms with Gasteiger partial charge in [0.2, 0.25) is 0 Å². The molecule has 3 atom stereocenters. The number of aliphatic hydroxyl groups excluding tert-OH is 1. The van der Waals surface area contributed by atoms with Crippen LogP contribution in [-0.4, -0.2) is 36.5 Å². The molecule has 0 aliphatic heterocycles. The molecule has 0 aromatic carbocycles. The predicted octanol–water partition coefficient (Wildman–Crippen LogP) is 2.33. The van der Waals surface area contributed by atoms with Gasteiger partial charge in [-0.2, -0.15) is 0 Å². The molecule has 0 radical (unpaired) electrons. The maximum Gasteiger partial charge on any atom is 0.0600 e. The van der Waals surface area contributed by atoms with E-state index in [9.17, 15) is 5.11 Å². The maximum atomic E-state index is 9.25. The number of aliphatic hydroxyl groups is 1. The van der Waals surface area contributed by atoms with Gasteiger partial charge in [0.1, 0.15) is 0 Å². The summed E-state index contributed by atoms with van der Waals surface area (Å²) in [6, 6.07) is 0.592. The molecule has 0 spiro atoms. The average molecular weight is 243 g/mol.